The fourth-order valence-corrected chi connectivity index (χ4v) is 3.53. The molecule has 2 heterocycles. The number of aromatic nitrogens is 1. The summed E-state index contributed by atoms with van der Waals surface area (Å²) in [5.41, 5.74) is 0.867. The van der Waals surface area contributed by atoms with Gasteiger partial charge in [0.05, 0.1) is 18.0 Å². The van der Waals surface area contributed by atoms with Gasteiger partial charge in [-0.2, -0.15) is 0 Å². The van der Waals surface area contributed by atoms with E-state index in [1.54, 1.807) is 0 Å². The summed E-state index contributed by atoms with van der Waals surface area (Å²) in [6, 6.07) is 0.407. The van der Waals surface area contributed by atoms with Crippen molar-refractivity contribution in [3.63, 3.8) is 0 Å². The second-order valence-electron chi connectivity index (χ2n) is 5.08. The number of rotatable bonds is 4. The lowest BCUT2D eigenvalue weighted by molar-refractivity contribution is -0.132. The van der Waals surface area contributed by atoms with Gasteiger partial charge >= 0.3 is 0 Å². The molecule has 0 spiro atoms. The Morgan fingerprint density at radius 3 is 3.06 bits per heavy atom. The Kier molecular flexibility index (Phi) is 4.62. The molecule has 100 valence electrons. The van der Waals surface area contributed by atoms with Crippen molar-refractivity contribution in [1.82, 2.24) is 9.88 Å². The Morgan fingerprint density at radius 2 is 2.44 bits per heavy atom. The van der Waals surface area contributed by atoms with Crippen molar-refractivity contribution in [2.24, 2.45) is 5.92 Å². The van der Waals surface area contributed by atoms with Crippen molar-refractivity contribution in [2.75, 3.05) is 6.54 Å². The number of hydrogen-bond donors (Lipinski definition) is 0. The molecule has 1 saturated heterocycles. The monoisotopic (exact) mass is 286 g/mol. The van der Waals surface area contributed by atoms with E-state index in [2.05, 4.69) is 18.8 Å². The average molecular weight is 287 g/mol. The number of halogens is 1. The number of carbonyl (C=O) groups is 1. The number of thiazole rings is 1. The number of alkyl halides is 1. The first-order chi connectivity index (χ1) is 8.61. The number of hydrogen-bond acceptors (Lipinski definition) is 3. The minimum Gasteiger partial charge on any atom is -0.339 e. The van der Waals surface area contributed by atoms with Crippen molar-refractivity contribution < 1.29 is 4.79 Å². The fourth-order valence-electron chi connectivity index (χ4n) is 2.52. The van der Waals surface area contributed by atoms with Crippen molar-refractivity contribution >= 4 is 28.8 Å². The van der Waals surface area contributed by atoms with Gasteiger partial charge in [0.25, 0.3) is 0 Å². The smallest absolute Gasteiger partial charge is 0.229 e. The van der Waals surface area contributed by atoms with Gasteiger partial charge in [-0.05, 0) is 18.8 Å². The molecule has 0 saturated carbocycles. The summed E-state index contributed by atoms with van der Waals surface area (Å²) in [6.45, 7) is 5.27. The molecular weight excluding hydrogens is 268 g/mol. The normalized spacial score (nSPS) is 19.8. The van der Waals surface area contributed by atoms with Gasteiger partial charge in [-0.25, -0.2) is 4.98 Å². The largest absolute Gasteiger partial charge is 0.339 e. The molecule has 0 bridgehead atoms. The first kappa shape index (κ1) is 13.8. The van der Waals surface area contributed by atoms with E-state index in [1.165, 1.54) is 11.3 Å². The second kappa shape index (κ2) is 6.02. The molecule has 1 unspecified atom stereocenters. The van der Waals surface area contributed by atoms with E-state index in [1.807, 2.05) is 10.3 Å². The van der Waals surface area contributed by atoms with Gasteiger partial charge < -0.3 is 4.90 Å². The highest BCUT2D eigenvalue weighted by Gasteiger charge is 2.30. The van der Waals surface area contributed by atoms with Gasteiger partial charge in [-0.15, -0.1) is 22.9 Å². The van der Waals surface area contributed by atoms with Gasteiger partial charge in [-0.1, -0.05) is 13.8 Å². The Hall–Kier alpha value is -0.610. The molecule has 2 rings (SSSR count). The lowest BCUT2D eigenvalue weighted by Crippen LogP contribution is -2.39. The third kappa shape index (κ3) is 3.04. The van der Waals surface area contributed by atoms with Gasteiger partial charge in [0.2, 0.25) is 5.91 Å². The molecule has 5 heteroatoms. The topological polar surface area (TPSA) is 33.2 Å². The van der Waals surface area contributed by atoms with Gasteiger partial charge in [-0.3, -0.25) is 4.79 Å². The number of carbonyl (C=O) groups excluding carboxylic acids is 1. The summed E-state index contributed by atoms with van der Waals surface area (Å²) in [4.78, 5) is 18.7. The highest BCUT2D eigenvalue weighted by molar-refractivity contribution is 7.09. The predicted molar refractivity (Wildman–Crippen MR) is 74.9 cm³/mol. The molecule has 1 atom stereocenters. The second-order valence-corrected chi connectivity index (χ2v) is 6.29. The minimum atomic E-state index is 0.210. The zero-order valence-corrected chi connectivity index (χ0v) is 12.4. The Morgan fingerprint density at radius 1 is 1.67 bits per heavy atom. The van der Waals surface area contributed by atoms with Crippen LogP contribution in [0, 0.1) is 5.92 Å². The maximum atomic E-state index is 12.3. The van der Waals surface area contributed by atoms with Crippen LogP contribution in [0.15, 0.2) is 5.38 Å². The van der Waals surface area contributed by atoms with Crippen molar-refractivity contribution in [3.05, 3.63) is 16.1 Å². The molecule has 1 aromatic heterocycles. The van der Waals surface area contributed by atoms with E-state index in [4.69, 9.17) is 11.6 Å². The molecule has 18 heavy (non-hydrogen) atoms. The molecule has 0 aliphatic carbocycles. The summed E-state index contributed by atoms with van der Waals surface area (Å²) in [7, 11) is 0. The van der Waals surface area contributed by atoms with Crippen molar-refractivity contribution in [1.29, 1.82) is 0 Å². The molecule has 3 nitrogen and oxygen atoms in total. The third-order valence-corrected chi connectivity index (χ3v) is 4.60. The van der Waals surface area contributed by atoms with E-state index in [-0.39, 0.29) is 5.91 Å². The van der Waals surface area contributed by atoms with E-state index in [9.17, 15) is 4.79 Å². The molecular formula is C13H19ClN2OS. The number of amides is 1. The Bertz CT molecular complexity index is 419. The SMILES string of the molecule is CC(C)C1CCCN1C(=O)Cc1nc(CCl)cs1. The van der Waals surface area contributed by atoms with Crippen LogP contribution in [0.1, 0.15) is 37.4 Å². The van der Waals surface area contributed by atoms with Crippen LogP contribution in [0.2, 0.25) is 0 Å². The van der Waals surface area contributed by atoms with Crippen molar-refractivity contribution in [3.8, 4) is 0 Å². The summed E-state index contributed by atoms with van der Waals surface area (Å²) in [5, 5.41) is 2.81. The lowest BCUT2D eigenvalue weighted by atomic mass is 10.0. The molecule has 0 N–H and O–H groups in total. The van der Waals surface area contributed by atoms with Crippen LogP contribution in [0.5, 0.6) is 0 Å². The van der Waals surface area contributed by atoms with Crippen LogP contribution < -0.4 is 0 Å². The van der Waals surface area contributed by atoms with Crippen LogP contribution in [-0.2, 0) is 17.1 Å². The molecule has 1 aliphatic rings. The van der Waals surface area contributed by atoms with Crippen molar-refractivity contribution in [2.45, 2.75) is 45.0 Å². The standard InChI is InChI=1S/C13H19ClN2OS/c1-9(2)11-4-3-5-16(11)13(17)6-12-15-10(7-14)8-18-12/h8-9,11H,3-7H2,1-2H3. The molecule has 1 amide bonds. The van der Waals surface area contributed by atoms with Crippen LogP contribution in [0.3, 0.4) is 0 Å². The highest BCUT2D eigenvalue weighted by atomic mass is 35.5. The van der Waals surface area contributed by atoms with Gasteiger partial charge in [0.1, 0.15) is 5.01 Å². The van der Waals surface area contributed by atoms with Crippen LogP contribution >= 0.6 is 22.9 Å². The molecule has 0 radical (unpaired) electrons. The summed E-state index contributed by atoms with van der Waals surface area (Å²) in [6.07, 6.45) is 2.68. The first-order valence-electron chi connectivity index (χ1n) is 6.40. The minimum absolute atomic E-state index is 0.210. The highest BCUT2D eigenvalue weighted by Crippen LogP contribution is 2.25. The van der Waals surface area contributed by atoms with Crippen LogP contribution in [0.25, 0.3) is 0 Å². The predicted octanol–water partition coefficient (Wildman–Crippen LogP) is 3.07. The van der Waals surface area contributed by atoms with E-state index in [0.717, 1.165) is 30.1 Å². The van der Waals surface area contributed by atoms with Crippen LogP contribution in [0.4, 0.5) is 0 Å². The van der Waals surface area contributed by atoms with Gasteiger partial charge in [0.15, 0.2) is 0 Å². The molecule has 0 aromatic carbocycles. The fraction of sp³-hybridized carbons (Fsp3) is 0.692. The van der Waals surface area contributed by atoms with E-state index >= 15 is 0 Å². The zero-order valence-electron chi connectivity index (χ0n) is 10.9. The average Bonchev–Trinajstić information content (AvgIpc) is 2.96. The summed E-state index contributed by atoms with van der Waals surface area (Å²) in [5.74, 6) is 1.16. The number of nitrogens with zero attached hydrogens (tertiary/aromatic N) is 2. The maximum absolute atomic E-state index is 12.3. The van der Waals surface area contributed by atoms with Gasteiger partial charge in [0, 0.05) is 18.0 Å². The summed E-state index contributed by atoms with van der Waals surface area (Å²) < 4.78 is 0. The van der Waals surface area contributed by atoms with E-state index < -0.39 is 0 Å². The zero-order chi connectivity index (χ0) is 13.1. The lowest BCUT2D eigenvalue weighted by Gasteiger charge is -2.27. The first-order valence-corrected chi connectivity index (χ1v) is 7.82. The van der Waals surface area contributed by atoms with E-state index in [0.29, 0.717) is 24.3 Å². The number of likely N-dealkylation sites (tertiary alicyclic amines) is 1. The summed E-state index contributed by atoms with van der Waals surface area (Å²) >= 11 is 7.25. The van der Waals surface area contributed by atoms with Crippen LogP contribution in [-0.4, -0.2) is 28.4 Å². The maximum Gasteiger partial charge on any atom is 0.229 e. The molecule has 1 fully saturated rings. The third-order valence-electron chi connectivity index (χ3n) is 3.43. The molecule has 1 aromatic rings. The molecule has 1 aliphatic heterocycles. The Labute approximate surface area is 117 Å². The Balaban J connectivity index is 1.99. The quantitative estimate of drug-likeness (QED) is 0.797.